The topological polar surface area (TPSA) is 40.5 Å². The fourth-order valence-corrected chi connectivity index (χ4v) is 2.07. The van der Waals surface area contributed by atoms with Crippen LogP contribution in [-0.4, -0.2) is 22.6 Å². The molecule has 4 heteroatoms. The number of hydrogen-bond acceptors (Lipinski definition) is 3. The van der Waals surface area contributed by atoms with Crippen molar-refractivity contribution < 1.29 is 10.2 Å². The maximum absolute atomic E-state index is 9.31. The molecular formula is C10H13ClO2S. The van der Waals surface area contributed by atoms with Crippen LogP contribution in [0.3, 0.4) is 0 Å². The first kappa shape index (κ1) is 11.9. The Morgan fingerprint density at radius 1 is 1.50 bits per heavy atom. The molecular weight excluding hydrogens is 220 g/mol. The Bertz CT molecular complexity index is 302. The summed E-state index contributed by atoms with van der Waals surface area (Å²) in [6, 6.07) is 5.47. The molecule has 0 spiro atoms. The van der Waals surface area contributed by atoms with Gasteiger partial charge in [-0.3, -0.25) is 0 Å². The van der Waals surface area contributed by atoms with Gasteiger partial charge >= 0.3 is 0 Å². The van der Waals surface area contributed by atoms with Gasteiger partial charge in [0.05, 0.1) is 17.7 Å². The van der Waals surface area contributed by atoms with Gasteiger partial charge < -0.3 is 10.2 Å². The maximum atomic E-state index is 9.31. The van der Waals surface area contributed by atoms with E-state index in [1.165, 1.54) is 11.8 Å². The van der Waals surface area contributed by atoms with Crippen molar-refractivity contribution in [3.8, 4) is 0 Å². The highest BCUT2D eigenvalue weighted by Crippen LogP contribution is 2.29. The van der Waals surface area contributed by atoms with Crippen LogP contribution in [0.1, 0.15) is 18.6 Å². The van der Waals surface area contributed by atoms with Crippen molar-refractivity contribution in [2.24, 2.45) is 0 Å². The third-order valence-electron chi connectivity index (χ3n) is 1.79. The zero-order valence-electron chi connectivity index (χ0n) is 7.90. The van der Waals surface area contributed by atoms with E-state index in [-0.39, 0.29) is 6.61 Å². The molecule has 0 fully saturated rings. The summed E-state index contributed by atoms with van der Waals surface area (Å²) in [6.45, 7) is 1.84. The first-order chi connectivity index (χ1) is 6.65. The van der Waals surface area contributed by atoms with Crippen LogP contribution in [-0.2, 0) is 0 Å². The van der Waals surface area contributed by atoms with Crippen LogP contribution in [0.4, 0.5) is 0 Å². The van der Waals surface area contributed by atoms with Crippen molar-refractivity contribution in [3.63, 3.8) is 0 Å². The molecule has 2 N–H and O–H groups in total. The molecule has 1 aromatic carbocycles. The van der Waals surface area contributed by atoms with Gasteiger partial charge in [-0.25, -0.2) is 0 Å². The molecule has 0 saturated carbocycles. The van der Waals surface area contributed by atoms with Crippen molar-refractivity contribution >= 4 is 23.4 Å². The third kappa shape index (κ3) is 3.17. The first-order valence-electron chi connectivity index (χ1n) is 4.36. The SMILES string of the molecule is CC(O)c1ccc(SCCO)c(Cl)c1. The van der Waals surface area contributed by atoms with Gasteiger partial charge in [0.1, 0.15) is 0 Å². The monoisotopic (exact) mass is 232 g/mol. The molecule has 0 radical (unpaired) electrons. The molecule has 1 rings (SSSR count). The van der Waals surface area contributed by atoms with Crippen LogP contribution in [0, 0.1) is 0 Å². The Kier molecular flexibility index (Phi) is 4.75. The number of halogens is 1. The summed E-state index contributed by atoms with van der Waals surface area (Å²) < 4.78 is 0. The van der Waals surface area contributed by atoms with E-state index >= 15 is 0 Å². The molecule has 1 aromatic rings. The molecule has 14 heavy (non-hydrogen) atoms. The number of aliphatic hydroxyl groups is 2. The highest BCUT2D eigenvalue weighted by Gasteiger charge is 2.05. The van der Waals surface area contributed by atoms with Crippen LogP contribution in [0.5, 0.6) is 0 Å². The highest BCUT2D eigenvalue weighted by molar-refractivity contribution is 7.99. The smallest absolute Gasteiger partial charge is 0.0762 e. The number of aliphatic hydroxyl groups excluding tert-OH is 2. The first-order valence-corrected chi connectivity index (χ1v) is 5.72. The highest BCUT2D eigenvalue weighted by atomic mass is 35.5. The van der Waals surface area contributed by atoms with Crippen LogP contribution < -0.4 is 0 Å². The molecule has 0 heterocycles. The standard InChI is InChI=1S/C10H13ClO2S/c1-7(13)8-2-3-10(9(11)6-8)14-5-4-12/h2-3,6-7,12-13H,4-5H2,1H3. The molecule has 78 valence electrons. The summed E-state index contributed by atoms with van der Waals surface area (Å²) in [5, 5.41) is 18.6. The van der Waals surface area contributed by atoms with E-state index in [2.05, 4.69) is 0 Å². The summed E-state index contributed by atoms with van der Waals surface area (Å²) >= 11 is 7.50. The second-order valence-corrected chi connectivity index (χ2v) is 4.48. The molecule has 0 bridgehead atoms. The summed E-state index contributed by atoms with van der Waals surface area (Å²) in [4.78, 5) is 0.935. The number of benzene rings is 1. The van der Waals surface area contributed by atoms with Gasteiger partial charge in [0.25, 0.3) is 0 Å². The molecule has 0 aromatic heterocycles. The Balaban J connectivity index is 2.79. The summed E-state index contributed by atoms with van der Waals surface area (Å²) in [5.41, 5.74) is 0.809. The second-order valence-electron chi connectivity index (χ2n) is 2.94. The largest absolute Gasteiger partial charge is 0.396 e. The molecule has 0 aliphatic heterocycles. The fraction of sp³-hybridized carbons (Fsp3) is 0.400. The summed E-state index contributed by atoms with van der Waals surface area (Å²) in [6.07, 6.45) is -0.496. The molecule has 2 nitrogen and oxygen atoms in total. The zero-order valence-corrected chi connectivity index (χ0v) is 9.48. The molecule has 0 amide bonds. The number of thioether (sulfide) groups is 1. The van der Waals surface area contributed by atoms with Crippen molar-refractivity contribution in [2.45, 2.75) is 17.9 Å². The Morgan fingerprint density at radius 2 is 2.21 bits per heavy atom. The van der Waals surface area contributed by atoms with Crippen LogP contribution >= 0.6 is 23.4 Å². The van der Waals surface area contributed by atoms with Gasteiger partial charge in [-0.2, -0.15) is 0 Å². The lowest BCUT2D eigenvalue weighted by atomic mass is 10.1. The van der Waals surface area contributed by atoms with Gasteiger partial charge in [0.2, 0.25) is 0 Å². The van der Waals surface area contributed by atoms with Crippen molar-refractivity contribution in [1.82, 2.24) is 0 Å². The van der Waals surface area contributed by atoms with Gasteiger partial charge in [0, 0.05) is 10.6 Å². The van der Waals surface area contributed by atoms with E-state index in [0.717, 1.165) is 10.5 Å². The van der Waals surface area contributed by atoms with Gasteiger partial charge in [-0.1, -0.05) is 17.7 Å². The average Bonchev–Trinajstić information content (AvgIpc) is 2.15. The predicted molar refractivity (Wildman–Crippen MR) is 59.9 cm³/mol. The second kappa shape index (κ2) is 5.61. The van der Waals surface area contributed by atoms with Crippen LogP contribution in [0.25, 0.3) is 0 Å². The summed E-state index contributed by atoms with van der Waals surface area (Å²) in [7, 11) is 0. The molecule has 0 saturated heterocycles. The lowest BCUT2D eigenvalue weighted by Crippen LogP contribution is -1.92. The van der Waals surface area contributed by atoms with E-state index in [1.54, 1.807) is 13.0 Å². The minimum atomic E-state index is -0.496. The van der Waals surface area contributed by atoms with Gasteiger partial charge in [-0.05, 0) is 24.6 Å². The van der Waals surface area contributed by atoms with E-state index in [4.69, 9.17) is 16.7 Å². The third-order valence-corrected chi connectivity index (χ3v) is 3.27. The van der Waals surface area contributed by atoms with E-state index in [1.807, 2.05) is 12.1 Å². The Morgan fingerprint density at radius 3 is 2.71 bits per heavy atom. The lowest BCUT2D eigenvalue weighted by molar-refractivity contribution is 0.199. The number of hydrogen-bond donors (Lipinski definition) is 2. The molecule has 1 atom stereocenters. The normalized spacial score (nSPS) is 12.9. The average molecular weight is 233 g/mol. The zero-order chi connectivity index (χ0) is 10.6. The summed E-state index contributed by atoms with van der Waals surface area (Å²) in [5.74, 6) is 0.633. The van der Waals surface area contributed by atoms with Gasteiger partial charge in [0.15, 0.2) is 0 Å². The maximum Gasteiger partial charge on any atom is 0.0762 e. The Hall–Kier alpha value is -0.220. The van der Waals surface area contributed by atoms with E-state index in [9.17, 15) is 5.11 Å². The van der Waals surface area contributed by atoms with E-state index in [0.29, 0.717) is 10.8 Å². The van der Waals surface area contributed by atoms with Gasteiger partial charge in [-0.15, -0.1) is 11.8 Å². The van der Waals surface area contributed by atoms with Crippen LogP contribution in [0.15, 0.2) is 23.1 Å². The number of rotatable bonds is 4. The molecule has 0 aliphatic rings. The van der Waals surface area contributed by atoms with Crippen molar-refractivity contribution in [1.29, 1.82) is 0 Å². The van der Waals surface area contributed by atoms with E-state index < -0.39 is 6.10 Å². The predicted octanol–water partition coefficient (Wildman–Crippen LogP) is 2.48. The fourth-order valence-electron chi connectivity index (χ4n) is 1.05. The quantitative estimate of drug-likeness (QED) is 0.784. The Labute approximate surface area is 92.9 Å². The lowest BCUT2D eigenvalue weighted by Gasteiger charge is -2.08. The molecule has 1 unspecified atom stereocenters. The minimum Gasteiger partial charge on any atom is -0.396 e. The van der Waals surface area contributed by atoms with Crippen molar-refractivity contribution in [2.75, 3.05) is 12.4 Å². The van der Waals surface area contributed by atoms with Crippen molar-refractivity contribution in [3.05, 3.63) is 28.8 Å². The molecule has 0 aliphatic carbocycles. The minimum absolute atomic E-state index is 0.138. The van der Waals surface area contributed by atoms with Crippen LogP contribution in [0.2, 0.25) is 5.02 Å².